The van der Waals surface area contributed by atoms with Gasteiger partial charge in [0, 0.05) is 27.0 Å². The van der Waals surface area contributed by atoms with Gasteiger partial charge < -0.3 is 5.32 Å². The van der Waals surface area contributed by atoms with Gasteiger partial charge in [-0.2, -0.15) is 11.3 Å². The van der Waals surface area contributed by atoms with Gasteiger partial charge in [-0.1, -0.05) is 0 Å². The first-order valence-corrected chi connectivity index (χ1v) is 10.2. The highest BCUT2D eigenvalue weighted by atomic mass is 32.2. The number of hydrogen-bond acceptors (Lipinski definition) is 5. The second-order valence-electron chi connectivity index (χ2n) is 5.40. The average Bonchev–Trinajstić information content (AvgIpc) is 3.26. The molecule has 7 heteroatoms. The van der Waals surface area contributed by atoms with Crippen LogP contribution in [-0.2, 0) is 0 Å². The number of carbonyl (C=O) groups is 1. The summed E-state index contributed by atoms with van der Waals surface area (Å²) in [6.45, 7) is 0. The van der Waals surface area contributed by atoms with Crippen LogP contribution in [0.1, 0.15) is 28.5 Å². The van der Waals surface area contributed by atoms with Crippen molar-refractivity contribution >= 4 is 40.3 Å². The number of halogens is 1. The summed E-state index contributed by atoms with van der Waals surface area (Å²) in [5.74, 6) is 0.421. The molecule has 1 unspecified atom stereocenters. The zero-order chi connectivity index (χ0) is 16.5. The Kier molecular flexibility index (Phi) is 4.39. The SMILES string of the molecule is O=C(NC1CCSc2ccc(F)cc21)c1csc(-c2ccsc2)n1. The monoisotopic (exact) mass is 376 g/mol. The van der Waals surface area contributed by atoms with Gasteiger partial charge in [0.1, 0.15) is 16.5 Å². The summed E-state index contributed by atoms with van der Waals surface area (Å²) in [6, 6.07) is 6.58. The molecule has 3 aromatic rings. The van der Waals surface area contributed by atoms with Gasteiger partial charge in [-0.25, -0.2) is 9.37 Å². The first kappa shape index (κ1) is 15.8. The Morgan fingerprint density at radius 2 is 2.21 bits per heavy atom. The third-order valence-corrected chi connectivity index (χ3v) is 6.52. The van der Waals surface area contributed by atoms with Gasteiger partial charge in [0.05, 0.1) is 6.04 Å². The molecule has 0 spiro atoms. The molecule has 0 saturated heterocycles. The molecule has 0 aliphatic carbocycles. The number of hydrogen-bond donors (Lipinski definition) is 1. The standard InChI is InChI=1S/C17H13FN2OS3/c18-11-1-2-15-12(7-11)13(4-6-23-15)19-16(21)14-9-24-17(20-14)10-3-5-22-8-10/h1-3,5,7-9,13H,4,6H2,(H,19,21). The van der Waals surface area contributed by atoms with Gasteiger partial charge in [0.15, 0.2) is 0 Å². The van der Waals surface area contributed by atoms with Crippen molar-refractivity contribution in [2.75, 3.05) is 5.75 Å². The number of benzene rings is 1. The maximum absolute atomic E-state index is 13.6. The lowest BCUT2D eigenvalue weighted by molar-refractivity contribution is 0.0930. The van der Waals surface area contributed by atoms with Crippen LogP contribution in [0.2, 0.25) is 0 Å². The molecule has 1 aliphatic heterocycles. The van der Waals surface area contributed by atoms with Gasteiger partial charge in [0.25, 0.3) is 5.91 Å². The van der Waals surface area contributed by atoms with Crippen LogP contribution < -0.4 is 5.32 Å². The lowest BCUT2D eigenvalue weighted by atomic mass is 10.0. The summed E-state index contributed by atoms with van der Waals surface area (Å²) in [5, 5.41) is 9.61. The van der Waals surface area contributed by atoms with Crippen molar-refractivity contribution in [3.8, 4) is 10.6 Å². The summed E-state index contributed by atoms with van der Waals surface area (Å²) in [6.07, 6.45) is 0.786. The van der Waals surface area contributed by atoms with Crippen LogP contribution in [0.15, 0.2) is 45.3 Å². The van der Waals surface area contributed by atoms with Crippen LogP contribution in [0.25, 0.3) is 10.6 Å². The van der Waals surface area contributed by atoms with Crippen molar-refractivity contribution in [2.45, 2.75) is 17.4 Å². The van der Waals surface area contributed by atoms with Crippen molar-refractivity contribution in [1.82, 2.24) is 10.3 Å². The molecule has 0 saturated carbocycles. The van der Waals surface area contributed by atoms with Crippen molar-refractivity contribution in [3.63, 3.8) is 0 Å². The van der Waals surface area contributed by atoms with Crippen molar-refractivity contribution in [1.29, 1.82) is 0 Å². The summed E-state index contributed by atoms with van der Waals surface area (Å²) in [7, 11) is 0. The molecule has 0 fully saturated rings. The van der Waals surface area contributed by atoms with Crippen LogP contribution in [0.5, 0.6) is 0 Å². The first-order chi connectivity index (χ1) is 11.7. The minimum Gasteiger partial charge on any atom is -0.344 e. The van der Waals surface area contributed by atoms with E-state index in [1.807, 2.05) is 16.8 Å². The fraction of sp³-hybridized carbons (Fsp3) is 0.176. The average molecular weight is 377 g/mol. The zero-order valence-corrected chi connectivity index (χ0v) is 14.9. The van der Waals surface area contributed by atoms with Gasteiger partial charge >= 0.3 is 0 Å². The van der Waals surface area contributed by atoms with E-state index in [-0.39, 0.29) is 17.8 Å². The smallest absolute Gasteiger partial charge is 0.271 e. The Bertz CT molecular complexity index is 876. The summed E-state index contributed by atoms with van der Waals surface area (Å²) < 4.78 is 13.6. The normalized spacial score (nSPS) is 16.6. The highest BCUT2D eigenvalue weighted by molar-refractivity contribution is 7.99. The molecule has 1 atom stereocenters. The summed E-state index contributed by atoms with van der Waals surface area (Å²) in [4.78, 5) is 18.0. The third kappa shape index (κ3) is 3.11. The molecular formula is C17H13FN2OS3. The molecule has 1 aliphatic rings. The Hall–Kier alpha value is -1.70. The van der Waals surface area contributed by atoms with Crippen molar-refractivity contribution in [2.24, 2.45) is 0 Å². The summed E-state index contributed by atoms with van der Waals surface area (Å²) >= 11 is 4.75. The Balaban J connectivity index is 1.54. The quantitative estimate of drug-likeness (QED) is 0.701. The molecule has 0 bridgehead atoms. The van der Waals surface area contributed by atoms with E-state index in [1.165, 1.54) is 23.5 Å². The van der Waals surface area contributed by atoms with Crippen molar-refractivity contribution < 1.29 is 9.18 Å². The lowest BCUT2D eigenvalue weighted by Gasteiger charge is -2.25. The van der Waals surface area contributed by atoms with Gasteiger partial charge in [0.2, 0.25) is 0 Å². The Morgan fingerprint density at radius 1 is 1.29 bits per heavy atom. The minimum atomic E-state index is -0.274. The van der Waals surface area contributed by atoms with Crippen molar-refractivity contribution in [3.05, 3.63) is 57.5 Å². The first-order valence-electron chi connectivity index (χ1n) is 7.42. The predicted octanol–water partition coefficient (Wildman–Crippen LogP) is 4.98. The predicted molar refractivity (Wildman–Crippen MR) is 97.4 cm³/mol. The van der Waals surface area contributed by atoms with Gasteiger partial charge in [-0.05, 0) is 41.6 Å². The number of nitrogens with zero attached hydrogens (tertiary/aromatic N) is 1. The molecule has 4 rings (SSSR count). The number of thiazole rings is 1. The number of fused-ring (bicyclic) bond motifs is 1. The lowest BCUT2D eigenvalue weighted by Crippen LogP contribution is -2.31. The molecule has 122 valence electrons. The van der Waals surface area contributed by atoms with E-state index in [2.05, 4.69) is 10.3 Å². The van der Waals surface area contributed by atoms with Gasteiger partial charge in [-0.3, -0.25) is 4.79 Å². The molecule has 1 N–H and O–H groups in total. The second-order valence-corrected chi connectivity index (χ2v) is 8.17. The number of thioether (sulfide) groups is 1. The maximum atomic E-state index is 13.6. The third-order valence-electron chi connectivity index (χ3n) is 3.82. The number of aromatic nitrogens is 1. The topological polar surface area (TPSA) is 42.0 Å². The molecule has 1 aromatic carbocycles. The van der Waals surface area contributed by atoms with E-state index >= 15 is 0 Å². The number of amides is 1. The van der Waals surface area contributed by atoms with Gasteiger partial charge in [-0.15, -0.1) is 23.1 Å². The molecule has 0 radical (unpaired) electrons. The van der Waals surface area contributed by atoms with Crippen LogP contribution in [0, 0.1) is 5.82 Å². The number of thiophene rings is 1. The van der Waals surface area contributed by atoms with E-state index < -0.39 is 0 Å². The fourth-order valence-corrected chi connectivity index (χ4v) is 5.26. The van der Waals surface area contributed by atoms with E-state index in [1.54, 1.807) is 34.5 Å². The fourth-order valence-electron chi connectivity index (χ4n) is 2.64. The molecule has 24 heavy (non-hydrogen) atoms. The molecule has 1 amide bonds. The number of carbonyl (C=O) groups excluding carboxylic acids is 1. The van der Waals surface area contributed by atoms with Crippen LogP contribution in [-0.4, -0.2) is 16.6 Å². The largest absolute Gasteiger partial charge is 0.344 e. The second kappa shape index (κ2) is 6.66. The number of nitrogens with one attached hydrogen (secondary N) is 1. The Morgan fingerprint density at radius 3 is 3.04 bits per heavy atom. The maximum Gasteiger partial charge on any atom is 0.271 e. The zero-order valence-electron chi connectivity index (χ0n) is 12.5. The molecular weight excluding hydrogens is 363 g/mol. The molecule has 3 heterocycles. The van der Waals surface area contributed by atoms with E-state index in [4.69, 9.17) is 0 Å². The highest BCUT2D eigenvalue weighted by Gasteiger charge is 2.24. The van der Waals surface area contributed by atoms with Crippen LogP contribution >= 0.6 is 34.4 Å². The minimum absolute atomic E-state index is 0.171. The van der Waals surface area contributed by atoms with Crippen LogP contribution in [0.4, 0.5) is 4.39 Å². The Labute approximate surface area is 150 Å². The molecule has 3 nitrogen and oxygen atoms in total. The van der Waals surface area contributed by atoms with Crippen LogP contribution in [0.3, 0.4) is 0 Å². The van der Waals surface area contributed by atoms with E-state index in [9.17, 15) is 9.18 Å². The number of rotatable bonds is 3. The molecule has 2 aromatic heterocycles. The highest BCUT2D eigenvalue weighted by Crippen LogP contribution is 2.36. The van der Waals surface area contributed by atoms with E-state index in [0.29, 0.717) is 5.69 Å². The summed E-state index contributed by atoms with van der Waals surface area (Å²) in [5.41, 5.74) is 2.30. The van der Waals surface area contributed by atoms with E-state index in [0.717, 1.165) is 33.2 Å².